The first kappa shape index (κ1) is 11.3. The van der Waals surface area contributed by atoms with Crippen molar-refractivity contribution in [2.45, 2.75) is 42.5 Å². The van der Waals surface area contributed by atoms with Gasteiger partial charge in [-0.15, -0.1) is 0 Å². The van der Waals surface area contributed by atoms with Gasteiger partial charge >= 0.3 is 0 Å². The van der Waals surface area contributed by atoms with Gasteiger partial charge in [0, 0.05) is 4.90 Å². The molecule has 18 heavy (non-hydrogen) atoms. The number of fused-ring (bicyclic) bond motifs is 1. The van der Waals surface area contributed by atoms with E-state index >= 15 is 0 Å². The van der Waals surface area contributed by atoms with E-state index in [1.165, 1.54) is 0 Å². The predicted molar refractivity (Wildman–Crippen MR) is 76.2 cm³/mol. The quantitative estimate of drug-likeness (QED) is 0.835. The van der Waals surface area contributed by atoms with Crippen LogP contribution in [-0.4, -0.2) is 34.1 Å². The first-order valence-electron chi connectivity index (χ1n) is 6.80. The highest BCUT2D eigenvalue weighted by molar-refractivity contribution is 7.99. The lowest BCUT2D eigenvalue weighted by Gasteiger charge is -2.42. The summed E-state index contributed by atoms with van der Waals surface area (Å²) in [6.07, 6.45) is 4.87. The molecule has 3 rings (SSSR count). The third-order valence-corrected chi connectivity index (χ3v) is 5.26. The number of anilines is 1. The molecule has 0 spiro atoms. The minimum atomic E-state index is -0.957. The lowest BCUT2D eigenvalue weighted by Crippen LogP contribution is -2.48. The summed E-state index contributed by atoms with van der Waals surface area (Å²) in [5.41, 5.74) is 0.654. The number of nitrogens with zero attached hydrogens (tertiary/aromatic N) is 2. The second-order valence-corrected chi connectivity index (χ2v) is 6.59. The lowest BCUT2D eigenvalue weighted by atomic mass is 9.77. The molecule has 1 saturated carbocycles. The number of hydrogen-bond acceptors (Lipinski definition) is 4. The fourth-order valence-corrected chi connectivity index (χ4v) is 3.84. The minimum Gasteiger partial charge on any atom is -0.394 e. The van der Waals surface area contributed by atoms with E-state index in [2.05, 4.69) is 15.3 Å². The SMILES string of the molecule is [2H][SH]1CCCc2nc(Cl)nc(NC3(CO)CCC3)c21. The topological polar surface area (TPSA) is 58.0 Å². The molecule has 6 heteroatoms. The highest BCUT2D eigenvalue weighted by Gasteiger charge is 2.37. The number of rotatable bonds is 3. The molecule has 1 aliphatic carbocycles. The van der Waals surface area contributed by atoms with E-state index in [1.54, 1.807) is 0 Å². The highest BCUT2D eigenvalue weighted by Crippen LogP contribution is 2.40. The zero-order valence-corrected chi connectivity index (χ0v) is 11.8. The summed E-state index contributed by atoms with van der Waals surface area (Å²) >= 11 is 5.03. The Labute approximate surface area is 117 Å². The summed E-state index contributed by atoms with van der Waals surface area (Å²) in [5.74, 6) is 1.58. The molecular formula is C12H18ClN3OS. The molecule has 2 heterocycles. The van der Waals surface area contributed by atoms with Gasteiger partial charge in [-0.2, -0.15) is 4.98 Å². The highest BCUT2D eigenvalue weighted by atomic mass is 35.5. The van der Waals surface area contributed by atoms with Gasteiger partial charge in [0.15, 0.2) is 0 Å². The Morgan fingerprint density at radius 3 is 2.94 bits per heavy atom. The van der Waals surface area contributed by atoms with Gasteiger partial charge in [0.2, 0.25) is 5.28 Å². The summed E-state index contributed by atoms with van der Waals surface area (Å²) in [7, 11) is 0. The molecule has 2 aliphatic rings. The molecule has 1 aromatic rings. The molecule has 0 amide bonds. The molecule has 1 unspecified atom stereocenters. The van der Waals surface area contributed by atoms with Crippen molar-refractivity contribution in [1.82, 2.24) is 9.97 Å². The molecule has 0 aromatic carbocycles. The van der Waals surface area contributed by atoms with E-state index in [9.17, 15) is 5.11 Å². The van der Waals surface area contributed by atoms with E-state index in [-0.39, 0.29) is 17.4 Å². The number of halogens is 1. The Balaban J connectivity index is 1.98. The first-order valence-corrected chi connectivity index (χ1v) is 7.81. The van der Waals surface area contributed by atoms with Gasteiger partial charge in [-0.1, -0.05) is 0 Å². The third kappa shape index (κ3) is 2.19. The van der Waals surface area contributed by atoms with Crippen molar-refractivity contribution < 1.29 is 5.11 Å². The Morgan fingerprint density at radius 1 is 1.44 bits per heavy atom. The van der Waals surface area contributed by atoms with E-state index < -0.39 is 11.7 Å². The van der Waals surface area contributed by atoms with Crippen LogP contribution in [0.25, 0.3) is 0 Å². The zero-order chi connectivity index (χ0) is 13.5. The van der Waals surface area contributed by atoms with Gasteiger partial charge in [0.05, 0.1) is 19.0 Å². The Hall–Kier alpha value is -0.520. The van der Waals surface area contributed by atoms with E-state index in [0.717, 1.165) is 48.4 Å². The third-order valence-electron chi connectivity index (χ3n) is 3.77. The fourth-order valence-electron chi connectivity index (χ4n) is 2.51. The van der Waals surface area contributed by atoms with Crippen LogP contribution in [0.3, 0.4) is 0 Å². The molecule has 1 aliphatic heterocycles. The average Bonchev–Trinajstić information content (AvgIpc) is 2.33. The van der Waals surface area contributed by atoms with Gasteiger partial charge in [-0.25, -0.2) is 16.6 Å². The van der Waals surface area contributed by atoms with Gasteiger partial charge in [0.25, 0.3) is 0 Å². The summed E-state index contributed by atoms with van der Waals surface area (Å²) in [5, 5.41) is 13.1. The van der Waals surface area contributed by atoms with Crippen LogP contribution in [0.4, 0.5) is 5.82 Å². The van der Waals surface area contributed by atoms with Crippen LogP contribution in [0.15, 0.2) is 4.90 Å². The molecule has 100 valence electrons. The number of aryl methyl sites for hydroxylation is 1. The number of aliphatic hydroxyl groups is 1. The Bertz CT molecular complexity index is 493. The molecule has 0 bridgehead atoms. The number of nitrogens with one attached hydrogen (secondary N) is 1. The number of aromatic nitrogens is 2. The second-order valence-electron chi connectivity index (χ2n) is 5.04. The summed E-state index contributed by atoms with van der Waals surface area (Å²) in [6, 6.07) is 0. The number of aliphatic hydroxyl groups excluding tert-OH is 1. The van der Waals surface area contributed by atoms with Gasteiger partial charge in [-0.05, 0) is 49.5 Å². The summed E-state index contributed by atoms with van der Waals surface area (Å²) < 4.78 is 8.24. The maximum atomic E-state index is 9.56. The van der Waals surface area contributed by atoms with Crippen LogP contribution in [0.5, 0.6) is 0 Å². The molecular weight excluding hydrogens is 270 g/mol. The van der Waals surface area contributed by atoms with E-state index in [0.29, 0.717) is 5.82 Å². The van der Waals surface area contributed by atoms with Gasteiger partial charge in [0.1, 0.15) is 5.82 Å². The van der Waals surface area contributed by atoms with Gasteiger partial charge < -0.3 is 10.4 Å². The standard InChI is InChI=1S/C12H18ClN3OS/c13-11-14-8-3-1-6-18-9(8)10(15-11)16-12(7-17)4-2-5-12/h17H,1-7,18H2,(H,14,15,16)/i18D. The van der Waals surface area contributed by atoms with Crippen molar-refractivity contribution in [1.29, 1.82) is 1.12 Å². The van der Waals surface area contributed by atoms with Crippen molar-refractivity contribution in [2.24, 2.45) is 0 Å². The van der Waals surface area contributed by atoms with Crippen LogP contribution in [-0.2, 0) is 6.42 Å². The van der Waals surface area contributed by atoms with E-state index in [1.807, 2.05) is 0 Å². The van der Waals surface area contributed by atoms with Crippen molar-refractivity contribution in [3.63, 3.8) is 0 Å². The maximum Gasteiger partial charge on any atom is 0.224 e. The van der Waals surface area contributed by atoms with E-state index in [4.69, 9.17) is 12.7 Å². The second kappa shape index (κ2) is 4.87. The molecule has 0 saturated heterocycles. The summed E-state index contributed by atoms with van der Waals surface area (Å²) in [6.45, 7) is 0.0965. The predicted octanol–water partition coefficient (Wildman–Crippen LogP) is 1.96. The fraction of sp³-hybridized carbons (Fsp3) is 0.667. The van der Waals surface area contributed by atoms with Gasteiger partial charge in [-0.3, -0.25) is 0 Å². The van der Waals surface area contributed by atoms with Crippen LogP contribution in [0, 0.1) is 0 Å². The summed E-state index contributed by atoms with van der Waals surface area (Å²) in [4.78, 5) is 9.49. The number of hydrogen-bond donors (Lipinski definition) is 2. The molecule has 0 radical (unpaired) electrons. The minimum absolute atomic E-state index is 0.0965. The van der Waals surface area contributed by atoms with Crippen LogP contribution in [0.1, 0.15) is 31.4 Å². The molecule has 4 nitrogen and oxygen atoms in total. The van der Waals surface area contributed by atoms with Crippen molar-refractivity contribution in [3.05, 3.63) is 11.0 Å². The van der Waals surface area contributed by atoms with Crippen molar-refractivity contribution in [2.75, 3.05) is 17.7 Å². The van der Waals surface area contributed by atoms with Crippen molar-refractivity contribution >= 4 is 29.1 Å². The molecule has 1 atom stereocenters. The monoisotopic (exact) mass is 288 g/mol. The Morgan fingerprint density at radius 2 is 2.28 bits per heavy atom. The molecule has 2 N–H and O–H groups in total. The molecule has 1 aromatic heterocycles. The van der Waals surface area contributed by atoms with Crippen molar-refractivity contribution in [3.8, 4) is 0 Å². The first-order chi connectivity index (χ1) is 9.13. The van der Waals surface area contributed by atoms with Crippen LogP contribution >= 0.6 is 23.3 Å². The largest absolute Gasteiger partial charge is 0.394 e. The molecule has 1 fully saturated rings. The maximum absolute atomic E-state index is 9.56. The Kier molecular flexibility index (Phi) is 3.06. The normalized spacial score (nSPS) is 27.9. The smallest absolute Gasteiger partial charge is 0.224 e. The zero-order valence-electron chi connectivity index (χ0n) is 11.1. The lowest BCUT2D eigenvalue weighted by molar-refractivity contribution is 0.143. The average molecular weight is 289 g/mol. The van der Waals surface area contributed by atoms with Crippen LogP contribution < -0.4 is 5.32 Å². The van der Waals surface area contributed by atoms with Crippen LogP contribution in [0.2, 0.25) is 5.28 Å².